The lowest BCUT2D eigenvalue weighted by Crippen LogP contribution is -2.10. The number of carbonyl (C=O) groups is 2. The number of carboxylic acids is 1. The Morgan fingerprint density at radius 3 is 2.78 bits per heavy atom. The van der Waals surface area contributed by atoms with E-state index >= 15 is 0 Å². The molecule has 1 aliphatic rings. The van der Waals surface area contributed by atoms with E-state index < -0.39 is 11.9 Å². The fourth-order valence-corrected chi connectivity index (χ4v) is 2.03. The molecule has 0 unspecified atom stereocenters. The third-order valence-electron chi connectivity index (χ3n) is 2.94. The Morgan fingerprint density at radius 2 is 2.11 bits per heavy atom. The van der Waals surface area contributed by atoms with Crippen LogP contribution >= 0.6 is 0 Å². The summed E-state index contributed by atoms with van der Waals surface area (Å²) in [5.74, 6) is -1.14. The summed E-state index contributed by atoms with van der Waals surface area (Å²) in [7, 11) is 1.28. The number of methoxy groups -OCH3 is 1. The van der Waals surface area contributed by atoms with Gasteiger partial charge in [0.2, 0.25) is 0 Å². The first-order valence-electron chi connectivity index (χ1n) is 5.75. The standard InChI is InChI=1S/C13H14O5/c1-17-13(16)10-6-8(12(14)15)7-11-9(10)4-2-3-5-18-11/h6-7H,2-5H2,1H3,(H,14,15). The number of carbonyl (C=O) groups excluding carboxylic acids is 1. The first kappa shape index (κ1) is 12.4. The fraction of sp³-hybridized carbons (Fsp3) is 0.385. The Hall–Kier alpha value is -2.04. The van der Waals surface area contributed by atoms with Crippen molar-refractivity contribution >= 4 is 11.9 Å². The molecule has 0 saturated carbocycles. The van der Waals surface area contributed by atoms with E-state index in [0.29, 0.717) is 18.8 Å². The minimum Gasteiger partial charge on any atom is -0.493 e. The van der Waals surface area contributed by atoms with Crippen molar-refractivity contribution in [3.8, 4) is 5.75 Å². The Labute approximate surface area is 104 Å². The van der Waals surface area contributed by atoms with E-state index in [1.165, 1.54) is 19.2 Å². The number of hydrogen-bond acceptors (Lipinski definition) is 4. The monoisotopic (exact) mass is 250 g/mol. The quantitative estimate of drug-likeness (QED) is 0.811. The number of rotatable bonds is 2. The van der Waals surface area contributed by atoms with E-state index in [1.54, 1.807) is 0 Å². The molecule has 0 aromatic heterocycles. The van der Waals surface area contributed by atoms with Crippen LogP contribution < -0.4 is 4.74 Å². The molecule has 96 valence electrons. The highest BCUT2D eigenvalue weighted by Crippen LogP contribution is 2.29. The number of ether oxygens (including phenoxy) is 2. The van der Waals surface area contributed by atoms with Gasteiger partial charge < -0.3 is 14.6 Å². The maximum atomic E-state index is 11.7. The van der Waals surface area contributed by atoms with Crippen LogP contribution in [0.15, 0.2) is 12.1 Å². The number of carboxylic acid groups (broad SMARTS) is 1. The second-order valence-electron chi connectivity index (χ2n) is 4.10. The van der Waals surface area contributed by atoms with E-state index in [2.05, 4.69) is 0 Å². The molecule has 2 rings (SSSR count). The molecule has 0 spiro atoms. The number of aromatic carboxylic acids is 1. The summed E-state index contributed by atoms with van der Waals surface area (Å²) >= 11 is 0. The van der Waals surface area contributed by atoms with Crippen molar-refractivity contribution in [1.29, 1.82) is 0 Å². The highest BCUT2D eigenvalue weighted by Gasteiger charge is 2.21. The summed E-state index contributed by atoms with van der Waals surface area (Å²) in [5.41, 5.74) is 1.06. The third kappa shape index (κ3) is 2.30. The van der Waals surface area contributed by atoms with Gasteiger partial charge in [-0.2, -0.15) is 0 Å². The molecule has 0 bridgehead atoms. The van der Waals surface area contributed by atoms with Crippen LogP contribution in [0, 0.1) is 0 Å². The lowest BCUT2D eigenvalue weighted by Gasteiger charge is -2.12. The Bertz CT molecular complexity index is 492. The van der Waals surface area contributed by atoms with E-state index in [0.717, 1.165) is 18.4 Å². The minimum atomic E-state index is -1.09. The predicted octanol–water partition coefficient (Wildman–Crippen LogP) is 1.89. The van der Waals surface area contributed by atoms with E-state index in [1.807, 2.05) is 0 Å². The van der Waals surface area contributed by atoms with Crippen LogP contribution in [0.5, 0.6) is 5.75 Å². The maximum Gasteiger partial charge on any atom is 0.338 e. The molecule has 1 N–H and O–H groups in total. The van der Waals surface area contributed by atoms with Crippen LogP contribution in [0.3, 0.4) is 0 Å². The van der Waals surface area contributed by atoms with Gasteiger partial charge in [0.25, 0.3) is 0 Å². The van der Waals surface area contributed by atoms with Crippen molar-refractivity contribution in [2.45, 2.75) is 19.3 Å². The van der Waals surface area contributed by atoms with Gasteiger partial charge in [0.05, 0.1) is 24.8 Å². The normalized spacial score (nSPS) is 14.1. The van der Waals surface area contributed by atoms with Gasteiger partial charge in [-0.25, -0.2) is 9.59 Å². The largest absolute Gasteiger partial charge is 0.493 e. The molecule has 0 fully saturated rings. The van der Waals surface area contributed by atoms with Crippen LogP contribution in [-0.4, -0.2) is 30.8 Å². The van der Waals surface area contributed by atoms with Gasteiger partial charge in [0.1, 0.15) is 5.75 Å². The molecule has 1 aromatic carbocycles. The Kier molecular flexibility index (Phi) is 3.50. The van der Waals surface area contributed by atoms with Crippen LogP contribution in [-0.2, 0) is 11.2 Å². The van der Waals surface area contributed by atoms with Crippen molar-refractivity contribution in [2.24, 2.45) is 0 Å². The molecule has 1 heterocycles. The molecule has 0 amide bonds. The number of fused-ring (bicyclic) bond motifs is 1. The van der Waals surface area contributed by atoms with Crippen LogP contribution in [0.25, 0.3) is 0 Å². The summed E-state index contributed by atoms with van der Waals surface area (Å²) in [6.45, 7) is 0.538. The summed E-state index contributed by atoms with van der Waals surface area (Å²) in [6.07, 6.45) is 2.49. The van der Waals surface area contributed by atoms with Gasteiger partial charge in [-0.15, -0.1) is 0 Å². The molecule has 0 aliphatic carbocycles. The minimum absolute atomic E-state index is 0.0380. The topological polar surface area (TPSA) is 72.8 Å². The predicted molar refractivity (Wildman–Crippen MR) is 63.2 cm³/mol. The highest BCUT2D eigenvalue weighted by atomic mass is 16.5. The smallest absolute Gasteiger partial charge is 0.338 e. The average Bonchev–Trinajstić information content (AvgIpc) is 2.61. The summed E-state index contributed by atoms with van der Waals surface area (Å²) in [4.78, 5) is 22.7. The molecule has 0 atom stereocenters. The van der Waals surface area contributed by atoms with Crippen LogP contribution in [0.4, 0.5) is 0 Å². The zero-order valence-electron chi connectivity index (χ0n) is 10.1. The third-order valence-corrected chi connectivity index (χ3v) is 2.94. The molecule has 5 nitrogen and oxygen atoms in total. The SMILES string of the molecule is COC(=O)c1cc(C(=O)O)cc2c1CCCCO2. The summed E-state index contributed by atoms with van der Waals surface area (Å²) in [5, 5.41) is 9.03. The van der Waals surface area contributed by atoms with Crippen LogP contribution in [0.2, 0.25) is 0 Å². The van der Waals surface area contributed by atoms with Crippen molar-refractivity contribution in [2.75, 3.05) is 13.7 Å². The van der Waals surface area contributed by atoms with E-state index in [9.17, 15) is 9.59 Å². The molecule has 0 radical (unpaired) electrons. The molecule has 0 saturated heterocycles. The van der Waals surface area contributed by atoms with Gasteiger partial charge in [0.15, 0.2) is 0 Å². The second-order valence-corrected chi connectivity index (χ2v) is 4.10. The van der Waals surface area contributed by atoms with Gasteiger partial charge in [-0.1, -0.05) is 0 Å². The number of benzene rings is 1. The first-order valence-corrected chi connectivity index (χ1v) is 5.75. The van der Waals surface area contributed by atoms with Crippen molar-refractivity contribution < 1.29 is 24.2 Å². The molecule has 1 aliphatic heterocycles. The lowest BCUT2D eigenvalue weighted by atomic mass is 9.98. The van der Waals surface area contributed by atoms with E-state index in [-0.39, 0.29) is 11.1 Å². The van der Waals surface area contributed by atoms with Crippen LogP contribution in [0.1, 0.15) is 39.1 Å². The number of esters is 1. The molecule has 18 heavy (non-hydrogen) atoms. The second kappa shape index (κ2) is 5.08. The Balaban J connectivity index is 2.57. The first-order chi connectivity index (χ1) is 8.63. The van der Waals surface area contributed by atoms with Crippen molar-refractivity contribution in [1.82, 2.24) is 0 Å². The van der Waals surface area contributed by atoms with Gasteiger partial charge in [-0.05, 0) is 31.4 Å². The Morgan fingerprint density at radius 1 is 1.33 bits per heavy atom. The van der Waals surface area contributed by atoms with Crippen molar-refractivity contribution in [3.63, 3.8) is 0 Å². The average molecular weight is 250 g/mol. The summed E-state index contributed by atoms with van der Waals surface area (Å²) in [6, 6.07) is 2.82. The molecular weight excluding hydrogens is 236 g/mol. The fourth-order valence-electron chi connectivity index (χ4n) is 2.03. The van der Waals surface area contributed by atoms with Gasteiger partial charge in [0, 0.05) is 5.56 Å². The molecule has 5 heteroatoms. The van der Waals surface area contributed by atoms with Gasteiger partial charge >= 0.3 is 11.9 Å². The highest BCUT2D eigenvalue weighted by molar-refractivity contribution is 5.96. The number of hydrogen-bond donors (Lipinski definition) is 1. The maximum absolute atomic E-state index is 11.7. The molecular formula is C13H14O5. The lowest BCUT2D eigenvalue weighted by molar-refractivity contribution is 0.0599. The summed E-state index contributed by atoms with van der Waals surface area (Å²) < 4.78 is 10.2. The zero-order chi connectivity index (χ0) is 13.1. The van der Waals surface area contributed by atoms with Gasteiger partial charge in [-0.3, -0.25) is 0 Å². The molecule has 1 aromatic rings. The van der Waals surface area contributed by atoms with E-state index in [4.69, 9.17) is 14.6 Å². The van der Waals surface area contributed by atoms with Crippen molar-refractivity contribution in [3.05, 3.63) is 28.8 Å². The zero-order valence-corrected chi connectivity index (χ0v) is 10.1.